The fraction of sp³-hybridized carbons (Fsp3) is 0.0476. The minimum atomic E-state index is -0.382. The summed E-state index contributed by atoms with van der Waals surface area (Å²) in [5.74, 6) is 0.852. The molecule has 0 aliphatic rings. The van der Waals surface area contributed by atoms with Crippen LogP contribution in [0.4, 0.5) is 0 Å². The van der Waals surface area contributed by atoms with Gasteiger partial charge in [0.25, 0.3) is 0 Å². The Hall–Kier alpha value is -3.10. The van der Waals surface area contributed by atoms with Gasteiger partial charge in [-0.25, -0.2) is 4.79 Å². The number of allylic oxidation sites excluding steroid dienone is 1. The molecule has 128 valence electrons. The van der Waals surface area contributed by atoms with Gasteiger partial charge in [-0.3, -0.25) is 0 Å². The predicted molar refractivity (Wildman–Crippen MR) is 103 cm³/mol. The SMILES string of the molecule is COC(=O)c1ccc(-c2ccc(C=C(C#N)c3ccc(Br)cc3)o2)cc1. The number of nitriles is 1. The number of carbonyl (C=O) groups excluding carboxylic acids is 1. The van der Waals surface area contributed by atoms with Crippen LogP contribution in [0, 0.1) is 11.3 Å². The molecule has 5 heteroatoms. The summed E-state index contributed by atoms with van der Waals surface area (Å²) < 4.78 is 11.5. The van der Waals surface area contributed by atoms with E-state index in [4.69, 9.17) is 4.42 Å². The average Bonchev–Trinajstić information content (AvgIpc) is 3.15. The van der Waals surface area contributed by atoms with E-state index in [9.17, 15) is 10.1 Å². The highest BCUT2D eigenvalue weighted by atomic mass is 79.9. The van der Waals surface area contributed by atoms with E-state index in [1.54, 1.807) is 36.4 Å². The first-order chi connectivity index (χ1) is 12.6. The molecule has 0 N–H and O–H groups in total. The third-order valence-corrected chi connectivity index (χ3v) is 4.31. The first-order valence-electron chi connectivity index (χ1n) is 7.77. The maximum atomic E-state index is 11.5. The number of hydrogen-bond acceptors (Lipinski definition) is 4. The molecule has 3 aromatic rings. The second kappa shape index (κ2) is 7.85. The summed E-state index contributed by atoms with van der Waals surface area (Å²) in [5.41, 5.74) is 2.64. The van der Waals surface area contributed by atoms with Gasteiger partial charge in [-0.2, -0.15) is 5.26 Å². The van der Waals surface area contributed by atoms with Gasteiger partial charge < -0.3 is 9.15 Å². The summed E-state index contributed by atoms with van der Waals surface area (Å²) >= 11 is 3.38. The van der Waals surface area contributed by atoms with Crippen molar-refractivity contribution in [1.29, 1.82) is 5.26 Å². The van der Waals surface area contributed by atoms with Crippen molar-refractivity contribution in [1.82, 2.24) is 0 Å². The lowest BCUT2D eigenvalue weighted by atomic mass is 10.1. The topological polar surface area (TPSA) is 63.2 Å². The van der Waals surface area contributed by atoms with Gasteiger partial charge in [-0.05, 0) is 48.0 Å². The Morgan fingerprint density at radius 1 is 1.04 bits per heavy atom. The van der Waals surface area contributed by atoms with Gasteiger partial charge in [0, 0.05) is 10.0 Å². The minimum absolute atomic E-state index is 0.382. The molecule has 3 rings (SSSR count). The van der Waals surface area contributed by atoms with Crippen LogP contribution in [0.25, 0.3) is 23.0 Å². The molecule has 4 nitrogen and oxygen atoms in total. The summed E-state index contributed by atoms with van der Waals surface area (Å²) in [5, 5.41) is 9.42. The maximum Gasteiger partial charge on any atom is 0.337 e. The van der Waals surface area contributed by atoms with Crippen LogP contribution in [0.1, 0.15) is 21.7 Å². The zero-order valence-electron chi connectivity index (χ0n) is 13.9. The van der Waals surface area contributed by atoms with Gasteiger partial charge in [-0.15, -0.1) is 0 Å². The van der Waals surface area contributed by atoms with Crippen LogP contribution < -0.4 is 0 Å². The molecule has 0 aliphatic heterocycles. The highest BCUT2D eigenvalue weighted by Gasteiger charge is 2.09. The second-order valence-electron chi connectivity index (χ2n) is 5.45. The fourth-order valence-corrected chi connectivity index (χ4v) is 2.69. The van der Waals surface area contributed by atoms with Gasteiger partial charge in [0.2, 0.25) is 0 Å². The lowest BCUT2D eigenvalue weighted by molar-refractivity contribution is 0.0600. The average molecular weight is 408 g/mol. The fourth-order valence-electron chi connectivity index (χ4n) is 2.43. The molecule has 0 atom stereocenters. The van der Waals surface area contributed by atoms with E-state index < -0.39 is 0 Å². The first-order valence-corrected chi connectivity index (χ1v) is 8.56. The van der Waals surface area contributed by atoms with Crippen molar-refractivity contribution in [3.63, 3.8) is 0 Å². The lowest BCUT2D eigenvalue weighted by Crippen LogP contribution is -2.00. The van der Waals surface area contributed by atoms with Crippen LogP contribution >= 0.6 is 15.9 Å². The molecule has 0 unspecified atom stereocenters. The van der Waals surface area contributed by atoms with Crippen molar-refractivity contribution in [2.75, 3.05) is 7.11 Å². The Balaban J connectivity index is 1.86. The Kier molecular flexibility index (Phi) is 5.35. The van der Waals surface area contributed by atoms with E-state index in [0.29, 0.717) is 22.7 Å². The molecule has 1 heterocycles. The molecule has 26 heavy (non-hydrogen) atoms. The number of methoxy groups -OCH3 is 1. The number of esters is 1. The zero-order valence-corrected chi connectivity index (χ0v) is 15.5. The largest absolute Gasteiger partial charge is 0.465 e. The van der Waals surface area contributed by atoms with Crippen molar-refractivity contribution < 1.29 is 13.9 Å². The molecule has 0 bridgehead atoms. The third-order valence-electron chi connectivity index (χ3n) is 3.78. The van der Waals surface area contributed by atoms with Crippen molar-refractivity contribution in [2.24, 2.45) is 0 Å². The molecule has 0 aliphatic carbocycles. The van der Waals surface area contributed by atoms with Crippen LogP contribution in [-0.4, -0.2) is 13.1 Å². The van der Waals surface area contributed by atoms with E-state index in [0.717, 1.165) is 15.6 Å². The highest BCUT2D eigenvalue weighted by Crippen LogP contribution is 2.26. The Bertz CT molecular complexity index is 993. The number of carbonyl (C=O) groups is 1. The third kappa shape index (κ3) is 3.93. The van der Waals surface area contributed by atoms with E-state index in [2.05, 4.69) is 26.7 Å². The van der Waals surface area contributed by atoms with Crippen LogP contribution in [0.3, 0.4) is 0 Å². The van der Waals surface area contributed by atoms with E-state index in [1.807, 2.05) is 30.3 Å². The van der Waals surface area contributed by atoms with Gasteiger partial charge in [0.1, 0.15) is 11.5 Å². The molecule has 0 amide bonds. The predicted octanol–water partition coefficient (Wildman–Crippen LogP) is 5.56. The molecule has 1 aromatic heterocycles. The van der Waals surface area contributed by atoms with Gasteiger partial charge in [0.15, 0.2) is 0 Å². The highest BCUT2D eigenvalue weighted by molar-refractivity contribution is 9.10. The number of nitrogens with zero attached hydrogens (tertiary/aromatic N) is 1. The van der Waals surface area contributed by atoms with Crippen molar-refractivity contribution in [3.8, 4) is 17.4 Å². The summed E-state index contributed by atoms with van der Waals surface area (Å²) in [7, 11) is 1.35. The molecule has 0 spiro atoms. The number of rotatable bonds is 4. The van der Waals surface area contributed by atoms with Crippen molar-refractivity contribution in [3.05, 3.63) is 82.0 Å². The Morgan fingerprint density at radius 2 is 1.69 bits per heavy atom. The normalized spacial score (nSPS) is 11.0. The molecule has 0 saturated heterocycles. The quantitative estimate of drug-likeness (QED) is 0.419. The second-order valence-corrected chi connectivity index (χ2v) is 6.36. The number of benzene rings is 2. The molecular formula is C21H14BrNO3. The molecule has 0 saturated carbocycles. The van der Waals surface area contributed by atoms with Crippen molar-refractivity contribution in [2.45, 2.75) is 0 Å². The van der Waals surface area contributed by atoms with Crippen LogP contribution in [0.15, 0.2) is 69.6 Å². The van der Waals surface area contributed by atoms with Crippen LogP contribution in [0.2, 0.25) is 0 Å². The number of ether oxygens (including phenoxy) is 1. The number of hydrogen-bond donors (Lipinski definition) is 0. The maximum absolute atomic E-state index is 11.5. The summed E-state index contributed by atoms with van der Waals surface area (Å²) in [6.07, 6.45) is 1.70. The van der Waals surface area contributed by atoms with E-state index in [-0.39, 0.29) is 5.97 Å². The lowest BCUT2D eigenvalue weighted by Gasteiger charge is -2.01. The van der Waals surface area contributed by atoms with Crippen LogP contribution in [0.5, 0.6) is 0 Å². The molecule has 0 fully saturated rings. The Morgan fingerprint density at radius 3 is 2.31 bits per heavy atom. The van der Waals surface area contributed by atoms with E-state index >= 15 is 0 Å². The summed E-state index contributed by atoms with van der Waals surface area (Å²) in [4.78, 5) is 11.5. The molecular weight excluding hydrogens is 394 g/mol. The summed E-state index contributed by atoms with van der Waals surface area (Å²) in [6, 6.07) is 20.3. The first kappa shape index (κ1) is 17.7. The molecule has 0 radical (unpaired) electrons. The monoisotopic (exact) mass is 407 g/mol. The van der Waals surface area contributed by atoms with Gasteiger partial charge in [0.05, 0.1) is 24.3 Å². The van der Waals surface area contributed by atoms with Gasteiger partial charge in [-0.1, -0.05) is 40.2 Å². The van der Waals surface area contributed by atoms with Gasteiger partial charge >= 0.3 is 5.97 Å². The Labute approximate surface area is 159 Å². The standard InChI is InChI=1S/C21H14BrNO3/c1-25-21(24)16-4-2-15(3-5-16)20-11-10-19(26-20)12-17(13-23)14-6-8-18(22)9-7-14/h2-12H,1H3. The van der Waals surface area contributed by atoms with Crippen LogP contribution in [-0.2, 0) is 4.74 Å². The smallest absolute Gasteiger partial charge is 0.337 e. The number of furan rings is 1. The summed E-state index contributed by atoms with van der Waals surface area (Å²) in [6.45, 7) is 0. The zero-order chi connectivity index (χ0) is 18.5. The van der Waals surface area contributed by atoms with Crippen molar-refractivity contribution >= 4 is 33.5 Å². The van der Waals surface area contributed by atoms with E-state index in [1.165, 1.54) is 7.11 Å². The number of halogens is 1. The minimum Gasteiger partial charge on any atom is -0.465 e. The molecule has 2 aromatic carbocycles.